The largest absolute Gasteiger partial charge is 0.507 e. The molecular formula is C29H27NO6. The quantitative estimate of drug-likeness (QED) is 0.130. The van der Waals surface area contributed by atoms with Crippen molar-refractivity contribution in [2.75, 3.05) is 6.79 Å². The fourth-order valence-corrected chi connectivity index (χ4v) is 4.00. The van der Waals surface area contributed by atoms with E-state index in [4.69, 9.17) is 14.2 Å². The van der Waals surface area contributed by atoms with Crippen LogP contribution >= 0.6 is 0 Å². The van der Waals surface area contributed by atoms with Gasteiger partial charge in [0, 0.05) is 23.9 Å². The fourth-order valence-electron chi connectivity index (χ4n) is 4.00. The molecule has 0 aromatic heterocycles. The average Bonchev–Trinajstić information content (AvgIpc) is 3.44. The normalized spacial score (nSPS) is 13.4. The van der Waals surface area contributed by atoms with Crippen LogP contribution in [0.4, 0.5) is 5.69 Å². The minimum absolute atomic E-state index is 0.0514. The number of esters is 2. The number of carbonyl (C=O) groups is 2. The Hall–Kier alpha value is -4.39. The number of hydrogen-bond acceptors (Lipinski definition) is 7. The van der Waals surface area contributed by atoms with Crippen LogP contribution in [0.3, 0.4) is 0 Å². The van der Waals surface area contributed by atoms with Gasteiger partial charge in [-0.3, -0.25) is 4.99 Å². The molecule has 0 unspecified atom stereocenters. The summed E-state index contributed by atoms with van der Waals surface area (Å²) >= 11 is 0. The van der Waals surface area contributed by atoms with Crippen LogP contribution in [-0.2, 0) is 9.53 Å². The van der Waals surface area contributed by atoms with Gasteiger partial charge in [-0.1, -0.05) is 31.6 Å². The fraction of sp³-hybridized carbons (Fsp3) is 0.207. The van der Waals surface area contributed by atoms with Gasteiger partial charge in [0.1, 0.15) is 17.2 Å². The lowest BCUT2D eigenvalue weighted by Gasteiger charge is -2.09. The molecule has 3 aromatic rings. The maximum absolute atomic E-state index is 12.4. The molecule has 0 spiro atoms. The Morgan fingerprint density at radius 2 is 1.67 bits per heavy atom. The summed E-state index contributed by atoms with van der Waals surface area (Å²) in [7, 11) is 0. The van der Waals surface area contributed by atoms with Crippen LogP contribution in [0.5, 0.6) is 17.2 Å². The monoisotopic (exact) mass is 485 g/mol. The summed E-state index contributed by atoms with van der Waals surface area (Å²) in [5.41, 5.74) is 2.96. The van der Waals surface area contributed by atoms with Crippen molar-refractivity contribution in [1.29, 1.82) is 0 Å². The van der Waals surface area contributed by atoms with Crippen molar-refractivity contribution in [2.45, 2.75) is 31.6 Å². The zero-order valence-electron chi connectivity index (χ0n) is 19.8. The first-order chi connectivity index (χ1) is 17.5. The maximum atomic E-state index is 12.4. The number of aromatic hydroxyl groups is 1. The number of rotatable bonds is 9. The smallest absolute Gasteiger partial charge is 0.343 e. The van der Waals surface area contributed by atoms with Crippen LogP contribution < -0.4 is 9.47 Å². The van der Waals surface area contributed by atoms with Crippen LogP contribution in [0.25, 0.3) is 0 Å². The van der Waals surface area contributed by atoms with Crippen molar-refractivity contribution in [2.24, 2.45) is 4.99 Å². The lowest BCUT2D eigenvalue weighted by molar-refractivity contribution is -0.144. The summed E-state index contributed by atoms with van der Waals surface area (Å²) < 4.78 is 15.4. The van der Waals surface area contributed by atoms with Gasteiger partial charge in [0.05, 0.1) is 11.3 Å². The SMILES string of the molecule is C=CC(=O)OCOc1ccc(C(=O)Oc2ccc(C=Nc3ccc(C4CCCC4)cc3)c(O)c2)cc1. The van der Waals surface area contributed by atoms with E-state index < -0.39 is 11.9 Å². The summed E-state index contributed by atoms with van der Waals surface area (Å²) in [5, 5.41) is 10.4. The third kappa shape index (κ3) is 6.60. The predicted molar refractivity (Wildman–Crippen MR) is 136 cm³/mol. The Morgan fingerprint density at radius 1 is 0.972 bits per heavy atom. The molecule has 0 aliphatic heterocycles. The van der Waals surface area contributed by atoms with Gasteiger partial charge in [0.2, 0.25) is 6.79 Å². The highest BCUT2D eigenvalue weighted by Crippen LogP contribution is 2.34. The Kier molecular flexibility index (Phi) is 8.13. The second kappa shape index (κ2) is 11.8. The zero-order chi connectivity index (χ0) is 25.3. The van der Waals surface area contributed by atoms with E-state index in [2.05, 4.69) is 23.7 Å². The third-order valence-electron chi connectivity index (χ3n) is 5.97. The Labute approximate surface area is 209 Å². The first-order valence-electron chi connectivity index (χ1n) is 11.7. The summed E-state index contributed by atoms with van der Waals surface area (Å²) in [4.78, 5) is 27.9. The van der Waals surface area contributed by atoms with E-state index >= 15 is 0 Å². The number of ether oxygens (including phenoxy) is 3. The zero-order valence-corrected chi connectivity index (χ0v) is 19.8. The number of hydrogen-bond donors (Lipinski definition) is 1. The average molecular weight is 486 g/mol. The molecule has 0 atom stereocenters. The third-order valence-corrected chi connectivity index (χ3v) is 5.97. The molecule has 0 radical (unpaired) electrons. The van der Waals surface area contributed by atoms with E-state index in [1.54, 1.807) is 30.5 Å². The molecule has 0 bridgehead atoms. The van der Waals surface area contributed by atoms with Crippen LogP contribution in [-0.4, -0.2) is 30.1 Å². The molecule has 3 aromatic carbocycles. The van der Waals surface area contributed by atoms with E-state index in [1.165, 1.54) is 49.4 Å². The minimum atomic E-state index is -0.595. The van der Waals surface area contributed by atoms with Crippen LogP contribution in [0.1, 0.15) is 53.1 Å². The van der Waals surface area contributed by atoms with Gasteiger partial charge in [-0.2, -0.15) is 0 Å². The second-order valence-electron chi connectivity index (χ2n) is 8.40. The standard InChI is InChI=1S/C29H27NO6/c1-2-28(32)35-19-34-25-14-9-22(10-15-25)29(33)36-26-16-11-23(27(31)17-26)18-30-24-12-7-21(8-13-24)20-5-3-4-6-20/h2,7-18,20,31H,1,3-6,19H2. The number of phenolic OH excluding ortho intramolecular Hbond substituents is 1. The summed E-state index contributed by atoms with van der Waals surface area (Å²) in [6.07, 6.45) is 7.72. The number of aliphatic imine (C=N–C) groups is 1. The summed E-state index contributed by atoms with van der Waals surface area (Å²) in [6, 6.07) is 19.0. The first kappa shape index (κ1) is 24.7. The molecule has 1 N–H and O–H groups in total. The Morgan fingerprint density at radius 3 is 2.33 bits per heavy atom. The second-order valence-corrected chi connectivity index (χ2v) is 8.40. The molecule has 1 aliphatic carbocycles. The van der Waals surface area contributed by atoms with Crippen LogP contribution in [0.15, 0.2) is 84.4 Å². The molecular weight excluding hydrogens is 458 g/mol. The molecule has 1 fully saturated rings. The minimum Gasteiger partial charge on any atom is -0.507 e. The van der Waals surface area contributed by atoms with Crippen molar-refractivity contribution in [3.05, 3.63) is 96.1 Å². The molecule has 184 valence electrons. The van der Waals surface area contributed by atoms with Gasteiger partial charge < -0.3 is 19.3 Å². The summed E-state index contributed by atoms with van der Waals surface area (Å²) in [5.74, 6) is 0.0313. The van der Waals surface area contributed by atoms with E-state index in [1.807, 2.05) is 12.1 Å². The number of benzene rings is 3. The van der Waals surface area contributed by atoms with E-state index in [0.29, 0.717) is 17.2 Å². The van der Waals surface area contributed by atoms with E-state index in [9.17, 15) is 14.7 Å². The van der Waals surface area contributed by atoms with Crippen molar-refractivity contribution < 1.29 is 28.9 Å². The highest BCUT2D eigenvalue weighted by molar-refractivity contribution is 5.91. The van der Waals surface area contributed by atoms with E-state index in [-0.39, 0.29) is 23.9 Å². The van der Waals surface area contributed by atoms with Gasteiger partial charge in [-0.25, -0.2) is 9.59 Å². The Bertz CT molecular complexity index is 1240. The topological polar surface area (TPSA) is 94.4 Å². The lowest BCUT2D eigenvalue weighted by atomic mass is 9.98. The molecule has 1 saturated carbocycles. The van der Waals surface area contributed by atoms with E-state index in [0.717, 1.165) is 11.8 Å². The van der Waals surface area contributed by atoms with Gasteiger partial charge in [0.15, 0.2) is 0 Å². The first-order valence-corrected chi connectivity index (χ1v) is 11.7. The molecule has 1 aliphatic rings. The molecule has 7 nitrogen and oxygen atoms in total. The van der Waals surface area contributed by atoms with Gasteiger partial charge in [-0.15, -0.1) is 0 Å². The molecule has 0 heterocycles. The Balaban J connectivity index is 1.32. The van der Waals surface area contributed by atoms with Crippen LogP contribution in [0.2, 0.25) is 0 Å². The number of phenols is 1. The summed E-state index contributed by atoms with van der Waals surface area (Å²) in [6.45, 7) is 3.03. The van der Waals surface area contributed by atoms with Gasteiger partial charge in [-0.05, 0) is 72.9 Å². The molecule has 0 amide bonds. The van der Waals surface area contributed by atoms with Crippen LogP contribution in [0, 0.1) is 0 Å². The van der Waals surface area contributed by atoms with Gasteiger partial charge in [0.25, 0.3) is 0 Å². The highest BCUT2D eigenvalue weighted by Gasteiger charge is 2.16. The van der Waals surface area contributed by atoms with Crippen molar-refractivity contribution in [3.8, 4) is 17.2 Å². The maximum Gasteiger partial charge on any atom is 0.343 e. The molecule has 0 saturated heterocycles. The molecule has 4 rings (SSSR count). The van der Waals surface area contributed by atoms with Crippen molar-refractivity contribution in [3.63, 3.8) is 0 Å². The van der Waals surface area contributed by atoms with Crippen molar-refractivity contribution >= 4 is 23.8 Å². The number of nitrogens with zero attached hydrogens (tertiary/aromatic N) is 1. The predicted octanol–water partition coefficient (Wildman–Crippen LogP) is 6.09. The molecule has 36 heavy (non-hydrogen) atoms. The van der Waals surface area contributed by atoms with Crippen molar-refractivity contribution in [1.82, 2.24) is 0 Å². The lowest BCUT2D eigenvalue weighted by Crippen LogP contribution is -2.09. The molecule has 7 heteroatoms. The van der Waals surface area contributed by atoms with Gasteiger partial charge >= 0.3 is 11.9 Å². The highest BCUT2D eigenvalue weighted by atomic mass is 16.7. The number of carbonyl (C=O) groups excluding carboxylic acids is 2.